The molecule has 0 saturated carbocycles. The lowest BCUT2D eigenvalue weighted by Crippen LogP contribution is -2.21. The van der Waals surface area contributed by atoms with Crippen LogP contribution in [0.4, 0.5) is 0 Å². The highest BCUT2D eigenvalue weighted by atomic mass is 16.5. The van der Waals surface area contributed by atoms with Gasteiger partial charge in [0.2, 0.25) is 5.91 Å². The van der Waals surface area contributed by atoms with E-state index in [1.807, 2.05) is 54.6 Å². The normalized spacial score (nSPS) is 9.71. The molecular weight excluding hydrogens is 264 g/mol. The van der Waals surface area contributed by atoms with Gasteiger partial charge in [-0.1, -0.05) is 36.4 Å². The van der Waals surface area contributed by atoms with E-state index in [1.165, 1.54) is 0 Å². The van der Waals surface area contributed by atoms with Gasteiger partial charge in [0.1, 0.15) is 12.2 Å². The zero-order chi connectivity index (χ0) is 15.1. The Morgan fingerprint density at radius 1 is 1.19 bits per heavy atom. The number of carbonyl (C=O) groups excluding carboxylic acids is 1. The first-order valence-corrected chi connectivity index (χ1v) is 6.60. The third-order valence-corrected chi connectivity index (χ3v) is 3.09. The number of benzene rings is 2. The summed E-state index contributed by atoms with van der Waals surface area (Å²) in [5, 5.41) is 11.1. The van der Waals surface area contributed by atoms with Crippen LogP contribution in [-0.4, -0.2) is 13.0 Å². The van der Waals surface area contributed by atoms with Gasteiger partial charge in [-0.25, -0.2) is 0 Å². The molecule has 106 valence electrons. The minimum Gasteiger partial charge on any atom is -0.497 e. The molecule has 4 heteroatoms. The van der Waals surface area contributed by atoms with E-state index < -0.39 is 0 Å². The summed E-state index contributed by atoms with van der Waals surface area (Å²) in [6.45, 7) is 0.429. The van der Waals surface area contributed by atoms with Crippen molar-refractivity contribution in [1.29, 1.82) is 5.26 Å². The van der Waals surface area contributed by atoms with E-state index in [2.05, 4.69) is 5.32 Å². The Hall–Kier alpha value is -2.80. The minimum absolute atomic E-state index is 0.109. The van der Waals surface area contributed by atoms with Crippen molar-refractivity contribution in [2.75, 3.05) is 7.11 Å². The quantitative estimate of drug-likeness (QED) is 0.916. The highest BCUT2D eigenvalue weighted by Crippen LogP contribution is 2.23. The van der Waals surface area contributed by atoms with Crippen LogP contribution in [-0.2, 0) is 11.3 Å². The van der Waals surface area contributed by atoms with Gasteiger partial charge in [0.05, 0.1) is 13.2 Å². The number of nitrogens with one attached hydrogen (secondary N) is 1. The van der Waals surface area contributed by atoms with Crippen LogP contribution in [0.3, 0.4) is 0 Å². The lowest BCUT2D eigenvalue weighted by atomic mass is 10.0. The van der Waals surface area contributed by atoms with E-state index in [0.717, 1.165) is 22.4 Å². The Labute approximate surface area is 124 Å². The van der Waals surface area contributed by atoms with Gasteiger partial charge in [-0.05, 0) is 28.8 Å². The molecule has 0 fully saturated rings. The van der Waals surface area contributed by atoms with Gasteiger partial charge >= 0.3 is 0 Å². The van der Waals surface area contributed by atoms with Gasteiger partial charge in [-0.2, -0.15) is 5.26 Å². The molecule has 0 heterocycles. The fraction of sp³-hybridized carbons (Fsp3) is 0.176. The number of hydrogen-bond acceptors (Lipinski definition) is 3. The molecule has 0 aliphatic heterocycles. The molecule has 0 aromatic heterocycles. The van der Waals surface area contributed by atoms with E-state index >= 15 is 0 Å². The van der Waals surface area contributed by atoms with E-state index in [-0.39, 0.29) is 12.3 Å². The van der Waals surface area contributed by atoms with Crippen molar-refractivity contribution >= 4 is 5.91 Å². The number of ether oxygens (including phenoxy) is 1. The first-order valence-electron chi connectivity index (χ1n) is 6.60. The molecule has 0 radical (unpaired) electrons. The smallest absolute Gasteiger partial charge is 0.234 e. The first kappa shape index (κ1) is 14.6. The number of hydrogen-bond donors (Lipinski definition) is 1. The highest BCUT2D eigenvalue weighted by Gasteiger charge is 2.02. The maximum atomic E-state index is 11.2. The lowest BCUT2D eigenvalue weighted by Gasteiger charge is -2.07. The van der Waals surface area contributed by atoms with Gasteiger partial charge in [0.25, 0.3) is 0 Å². The molecule has 0 saturated heterocycles. The SMILES string of the molecule is COc1cccc(-c2ccc(CNC(=O)CC#N)cc2)c1. The van der Waals surface area contributed by atoms with Crippen molar-refractivity contribution in [2.45, 2.75) is 13.0 Å². The van der Waals surface area contributed by atoms with E-state index in [9.17, 15) is 4.79 Å². The molecule has 0 atom stereocenters. The van der Waals surface area contributed by atoms with Crippen molar-refractivity contribution in [1.82, 2.24) is 5.32 Å². The van der Waals surface area contributed by atoms with Gasteiger partial charge in [-0.15, -0.1) is 0 Å². The summed E-state index contributed by atoms with van der Waals surface area (Å²) in [6.07, 6.45) is -0.109. The van der Waals surface area contributed by atoms with Gasteiger partial charge in [0, 0.05) is 6.54 Å². The van der Waals surface area contributed by atoms with Crippen molar-refractivity contribution in [2.24, 2.45) is 0 Å². The molecule has 2 rings (SSSR count). The number of amides is 1. The monoisotopic (exact) mass is 280 g/mol. The Bertz CT molecular complexity index is 657. The number of nitriles is 1. The molecule has 2 aromatic carbocycles. The predicted octanol–water partition coefficient (Wildman–Crippen LogP) is 2.89. The van der Waals surface area contributed by atoms with Gasteiger partial charge in [0.15, 0.2) is 0 Å². The summed E-state index contributed by atoms with van der Waals surface area (Å²) < 4.78 is 5.21. The maximum Gasteiger partial charge on any atom is 0.234 e. The zero-order valence-electron chi connectivity index (χ0n) is 11.8. The van der Waals surface area contributed by atoms with E-state index in [0.29, 0.717) is 6.54 Å². The van der Waals surface area contributed by atoms with E-state index in [1.54, 1.807) is 7.11 Å². The lowest BCUT2D eigenvalue weighted by molar-refractivity contribution is -0.120. The number of nitrogens with zero attached hydrogens (tertiary/aromatic N) is 1. The molecule has 0 aliphatic carbocycles. The molecule has 0 bridgehead atoms. The molecule has 1 amide bonds. The first-order chi connectivity index (χ1) is 10.2. The predicted molar refractivity (Wildman–Crippen MR) is 80.5 cm³/mol. The van der Waals surface area contributed by atoms with Crippen molar-refractivity contribution < 1.29 is 9.53 Å². The second-order valence-electron chi connectivity index (χ2n) is 4.54. The minimum atomic E-state index is -0.255. The molecular formula is C17H16N2O2. The van der Waals surface area contributed by atoms with Crippen LogP contribution in [0.5, 0.6) is 5.75 Å². The summed E-state index contributed by atoms with van der Waals surface area (Å²) in [5.41, 5.74) is 3.16. The Balaban J connectivity index is 2.05. The third-order valence-electron chi connectivity index (χ3n) is 3.09. The topological polar surface area (TPSA) is 62.1 Å². The Morgan fingerprint density at radius 2 is 1.95 bits per heavy atom. The largest absolute Gasteiger partial charge is 0.497 e. The van der Waals surface area contributed by atoms with Crippen LogP contribution >= 0.6 is 0 Å². The average Bonchev–Trinajstić information content (AvgIpc) is 2.54. The van der Waals surface area contributed by atoms with Crippen LogP contribution < -0.4 is 10.1 Å². The van der Waals surface area contributed by atoms with Crippen LogP contribution in [0.2, 0.25) is 0 Å². The molecule has 0 aliphatic rings. The van der Waals surface area contributed by atoms with Crippen LogP contribution in [0.15, 0.2) is 48.5 Å². The van der Waals surface area contributed by atoms with Crippen molar-refractivity contribution in [3.05, 3.63) is 54.1 Å². The second-order valence-corrected chi connectivity index (χ2v) is 4.54. The highest BCUT2D eigenvalue weighted by molar-refractivity contribution is 5.78. The number of carbonyl (C=O) groups is 1. The molecule has 0 spiro atoms. The van der Waals surface area contributed by atoms with Crippen LogP contribution in [0.25, 0.3) is 11.1 Å². The zero-order valence-corrected chi connectivity index (χ0v) is 11.8. The summed E-state index contributed by atoms with van der Waals surface area (Å²) in [4.78, 5) is 11.2. The number of methoxy groups -OCH3 is 1. The maximum absolute atomic E-state index is 11.2. The van der Waals surface area contributed by atoms with Crippen LogP contribution in [0, 0.1) is 11.3 Å². The van der Waals surface area contributed by atoms with Crippen LogP contribution in [0.1, 0.15) is 12.0 Å². The molecule has 0 unspecified atom stereocenters. The van der Waals surface area contributed by atoms with Crippen molar-refractivity contribution in [3.8, 4) is 22.9 Å². The number of rotatable bonds is 5. The summed E-state index contributed by atoms with van der Waals surface area (Å²) in [7, 11) is 1.64. The van der Waals surface area contributed by atoms with Gasteiger partial charge in [-0.3, -0.25) is 4.79 Å². The molecule has 2 aromatic rings. The summed E-state index contributed by atoms with van der Waals surface area (Å²) in [6, 6.07) is 17.6. The Kier molecular flexibility index (Phi) is 4.94. The van der Waals surface area contributed by atoms with Crippen molar-refractivity contribution in [3.63, 3.8) is 0 Å². The second kappa shape index (κ2) is 7.11. The fourth-order valence-corrected chi connectivity index (χ4v) is 1.95. The average molecular weight is 280 g/mol. The summed E-state index contributed by atoms with van der Waals surface area (Å²) >= 11 is 0. The summed E-state index contributed by atoms with van der Waals surface area (Å²) in [5.74, 6) is 0.565. The molecule has 4 nitrogen and oxygen atoms in total. The molecule has 21 heavy (non-hydrogen) atoms. The standard InChI is InChI=1S/C17H16N2O2/c1-21-16-4-2-3-15(11-16)14-7-5-13(6-8-14)12-19-17(20)9-10-18/h2-8,11H,9,12H2,1H3,(H,19,20). The van der Waals surface area contributed by atoms with Gasteiger partial charge < -0.3 is 10.1 Å². The fourth-order valence-electron chi connectivity index (χ4n) is 1.95. The Morgan fingerprint density at radius 3 is 2.62 bits per heavy atom. The third kappa shape index (κ3) is 4.08. The molecule has 1 N–H and O–H groups in total. The van der Waals surface area contributed by atoms with E-state index in [4.69, 9.17) is 10.00 Å².